The van der Waals surface area contributed by atoms with Gasteiger partial charge in [-0.1, -0.05) is 36.2 Å². The van der Waals surface area contributed by atoms with Crippen LogP contribution in [0.1, 0.15) is 34.2 Å². The third kappa shape index (κ3) is 3.61. The monoisotopic (exact) mass is 415 g/mol. The number of fused-ring (bicyclic) bond motifs is 1. The number of halogens is 5. The van der Waals surface area contributed by atoms with Gasteiger partial charge < -0.3 is 5.32 Å². The minimum atomic E-state index is -4.61. The fraction of sp³-hybridized carbons (Fsp3) is 0.222. The molecule has 1 aromatic carbocycles. The Hall–Kier alpha value is -2.25. The molecule has 0 radical (unpaired) electrons. The number of anilines is 1. The van der Waals surface area contributed by atoms with E-state index in [9.17, 15) is 18.0 Å². The maximum Gasteiger partial charge on any atom is 0.417 e. The average Bonchev–Trinajstić information content (AvgIpc) is 2.97. The first kappa shape index (κ1) is 19.5. The average molecular weight is 416 g/mol. The van der Waals surface area contributed by atoms with Crippen LogP contribution >= 0.6 is 23.2 Å². The smallest absolute Gasteiger partial charge is 0.320 e. The zero-order valence-electron chi connectivity index (χ0n) is 14.3. The summed E-state index contributed by atoms with van der Waals surface area (Å²) in [5.74, 6) is -0.597. The second kappa shape index (κ2) is 7.05. The highest BCUT2D eigenvalue weighted by Crippen LogP contribution is 2.33. The number of aryl methyl sites for hydroxylation is 1. The zero-order chi connectivity index (χ0) is 19.9. The van der Waals surface area contributed by atoms with Gasteiger partial charge >= 0.3 is 6.18 Å². The van der Waals surface area contributed by atoms with Crippen LogP contribution in [0.2, 0.25) is 10.0 Å². The third-order valence-electron chi connectivity index (χ3n) is 4.14. The highest BCUT2D eigenvalue weighted by Gasteiger charge is 2.33. The van der Waals surface area contributed by atoms with E-state index < -0.39 is 17.6 Å². The molecule has 0 aliphatic rings. The minimum Gasteiger partial charge on any atom is -0.320 e. The molecule has 1 N–H and O–H groups in total. The molecule has 0 saturated heterocycles. The molecular formula is C18H14Cl2F3N3O. The van der Waals surface area contributed by atoms with Gasteiger partial charge in [0.1, 0.15) is 5.69 Å². The molecular weight excluding hydrogens is 402 g/mol. The molecule has 3 rings (SSSR count). The molecule has 1 amide bonds. The minimum absolute atomic E-state index is 0.000115. The molecule has 9 heteroatoms. The van der Waals surface area contributed by atoms with Crippen molar-refractivity contribution in [3.8, 4) is 0 Å². The van der Waals surface area contributed by atoms with E-state index in [0.29, 0.717) is 28.4 Å². The summed E-state index contributed by atoms with van der Waals surface area (Å²) < 4.78 is 40.5. The first-order valence-electron chi connectivity index (χ1n) is 7.97. The Morgan fingerprint density at radius 1 is 1.26 bits per heavy atom. The molecule has 0 aliphatic heterocycles. The van der Waals surface area contributed by atoms with E-state index in [1.807, 2.05) is 0 Å². The summed E-state index contributed by atoms with van der Waals surface area (Å²) in [5, 5.41) is 2.97. The molecule has 0 bridgehead atoms. The number of rotatable bonds is 3. The van der Waals surface area contributed by atoms with Crippen molar-refractivity contribution < 1.29 is 18.0 Å². The lowest BCUT2D eigenvalue weighted by Gasteiger charge is -2.12. The molecule has 3 aromatic rings. The van der Waals surface area contributed by atoms with E-state index >= 15 is 0 Å². The fourth-order valence-corrected chi connectivity index (χ4v) is 3.14. The maximum absolute atomic E-state index is 13.2. The Bertz CT molecular complexity index is 1040. The number of aromatic nitrogens is 2. The molecule has 4 nitrogen and oxygen atoms in total. The van der Waals surface area contributed by atoms with Crippen LogP contribution in [-0.2, 0) is 12.6 Å². The first-order valence-corrected chi connectivity index (χ1v) is 8.73. The van der Waals surface area contributed by atoms with E-state index in [-0.39, 0.29) is 16.4 Å². The van der Waals surface area contributed by atoms with Crippen molar-refractivity contribution in [2.24, 2.45) is 0 Å². The number of carbonyl (C=O) groups excluding carboxylic acids is 1. The lowest BCUT2D eigenvalue weighted by Crippen LogP contribution is -2.17. The van der Waals surface area contributed by atoms with Gasteiger partial charge in [0.25, 0.3) is 5.91 Å². The normalized spacial score (nSPS) is 11.8. The molecule has 142 valence electrons. The largest absolute Gasteiger partial charge is 0.417 e. The third-order valence-corrected chi connectivity index (χ3v) is 4.83. The number of benzene rings is 1. The molecule has 2 heterocycles. The molecule has 0 spiro atoms. The van der Waals surface area contributed by atoms with Gasteiger partial charge in [0, 0.05) is 16.9 Å². The maximum atomic E-state index is 13.2. The summed E-state index contributed by atoms with van der Waals surface area (Å²) in [7, 11) is 0. The summed E-state index contributed by atoms with van der Waals surface area (Å²) in [6.07, 6.45) is -3.43. The van der Waals surface area contributed by atoms with Gasteiger partial charge in [-0.2, -0.15) is 13.2 Å². The molecule has 0 saturated carbocycles. The Morgan fingerprint density at radius 3 is 2.59 bits per heavy atom. The van der Waals surface area contributed by atoms with Gasteiger partial charge in [0.2, 0.25) is 0 Å². The zero-order valence-corrected chi connectivity index (χ0v) is 15.8. The quantitative estimate of drug-likeness (QED) is 0.588. The number of imidazole rings is 1. The number of nitrogens with one attached hydrogen (secondary N) is 1. The van der Waals surface area contributed by atoms with Gasteiger partial charge in [0.05, 0.1) is 16.3 Å². The molecule has 0 fully saturated rings. The molecule has 0 atom stereocenters. The summed E-state index contributed by atoms with van der Waals surface area (Å²) in [6.45, 7) is 3.48. The Labute approximate surface area is 162 Å². The van der Waals surface area contributed by atoms with Crippen molar-refractivity contribution in [1.82, 2.24) is 9.38 Å². The Morgan fingerprint density at radius 2 is 1.96 bits per heavy atom. The fourth-order valence-electron chi connectivity index (χ4n) is 2.72. The molecule has 0 unspecified atom stereocenters. The van der Waals surface area contributed by atoms with E-state index in [1.165, 1.54) is 0 Å². The topological polar surface area (TPSA) is 46.4 Å². The number of pyridine rings is 1. The van der Waals surface area contributed by atoms with Crippen LogP contribution in [0.3, 0.4) is 0 Å². The Kier molecular flexibility index (Phi) is 5.10. The van der Waals surface area contributed by atoms with E-state index in [0.717, 1.165) is 16.7 Å². The van der Waals surface area contributed by atoms with Crippen molar-refractivity contribution >= 4 is 40.4 Å². The summed E-state index contributed by atoms with van der Waals surface area (Å²) in [4.78, 5) is 17.1. The van der Waals surface area contributed by atoms with Crippen molar-refractivity contribution in [2.75, 3.05) is 5.32 Å². The van der Waals surface area contributed by atoms with Crippen LogP contribution < -0.4 is 5.32 Å². The lowest BCUT2D eigenvalue weighted by molar-refractivity contribution is -0.137. The first-order chi connectivity index (χ1) is 12.6. The SMILES string of the molecule is CCc1nc2c(Cl)cc(C(F)(F)F)cn2c1C(=O)Nc1cccc(Cl)c1C. The van der Waals surface area contributed by atoms with Crippen LogP contribution in [-0.4, -0.2) is 15.3 Å². The number of hydrogen-bond donors (Lipinski definition) is 1. The van der Waals surface area contributed by atoms with Crippen LogP contribution in [0, 0.1) is 6.92 Å². The standard InChI is InChI=1S/C18H14Cl2F3N3O/c1-3-13-15(17(27)25-14-6-4-5-11(19)9(14)2)26-8-10(18(21,22)23)7-12(20)16(26)24-13/h4-8H,3H2,1-2H3,(H,25,27). The predicted molar refractivity (Wildman–Crippen MR) is 98.7 cm³/mol. The van der Waals surface area contributed by atoms with Gasteiger partial charge in [-0.25, -0.2) is 4.98 Å². The predicted octanol–water partition coefficient (Wildman–Crippen LogP) is 5.78. The van der Waals surface area contributed by atoms with E-state index in [2.05, 4.69) is 10.3 Å². The van der Waals surface area contributed by atoms with Gasteiger partial charge in [-0.3, -0.25) is 9.20 Å². The number of alkyl halides is 3. The van der Waals surface area contributed by atoms with Crippen LogP contribution in [0.5, 0.6) is 0 Å². The number of carbonyl (C=O) groups is 1. The highest BCUT2D eigenvalue weighted by atomic mass is 35.5. The number of amides is 1. The highest BCUT2D eigenvalue weighted by molar-refractivity contribution is 6.33. The van der Waals surface area contributed by atoms with Crippen molar-refractivity contribution in [3.05, 3.63) is 63.0 Å². The summed E-state index contributed by atoms with van der Waals surface area (Å²) >= 11 is 12.0. The van der Waals surface area contributed by atoms with Crippen molar-refractivity contribution in [1.29, 1.82) is 0 Å². The molecule has 0 aliphatic carbocycles. The number of hydrogen-bond acceptors (Lipinski definition) is 2. The van der Waals surface area contributed by atoms with Crippen LogP contribution in [0.15, 0.2) is 30.5 Å². The van der Waals surface area contributed by atoms with Gasteiger partial charge in [-0.15, -0.1) is 0 Å². The van der Waals surface area contributed by atoms with Crippen molar-refractivity contribution in [2.45, 2.75) is 26.4 Å². The van der Waals surface area contributed by atoms with E-state index in [1.54, 1.807) is 32.0 Å². The molecule has 2 aromatic heterocycles. The van der Waals surface area contributed by atoms with Crippen molar-refractivity contribution in [3.63, 3.8) is 0 Å². The van der Waals surface area contributed by atoms with Gasteiger partial charge in [0.15, 0.2) is 5.65 Å². The lowest BCUT2D eigenvalue weighted by atomic mass is 10.2. The van der Waals surface area contributed by atoms with E-state index in [4.69, 9.17) is 23.2 Å². The van der Waals surface area contributed by atoms with Crippen LogP contribution in [0.4, 0.5) is 18.9 Å². The second-order valence-electron chi connectivity index (χ2n) is 5.90. The summed E-state index contributed by atoms with van der Waals surface area (Å²) in [5.41, 5.74) is 0.576. The van der Waals surface area contributed by atoms with Crippen LogP contribution in [0.25, 0.3) is 5.65 Å². The van der Waals surface area contributed by atoms with Gasteiger partial charge in [-0.05, 0) is 37.1 Å². The number of nitrogens with zero attached hydrogens (tertiary/aromatic N) is 2. The second-order valence-corrected chi connectivity index (χ2v) is 6.71. The Balaban J connectivity index is 2.15. The summed E-state index contributed by atoms with van der Waals surface area (Å²) in [6, 6.07) is 5.79. The molecule has 27 heavy (non-hydrogen) atoms.